The highest BCUT2D eigenvalue weighted by atomic mass is 19.4. The highest BCUT2D eigenvalue weighted by molar-refractivity contribution is 5.89. The Morgan fingerprint density at radius 1 is 0.963 bits per heavy atom. The molecule has 0 fully saturated rings. The molecule has 3 aromatic rings. The van der Waals surface area contributed by atoms with Gasteiger partial charge in [0.2, 0.25) is 0 Å². The quantitative estimate of drug-likeness (QED) is 0.521. The first kappa shape index (κ1) is 18.4. The number of hydrogen-bond donors (Lipinski definition) is 2. The van der Waals surface area contributed by atoms with Crippen LogP contribution in [0.2, 0.25) is 0 Å². The van der Waals surface area contributed by atoms with E-state index in [0.29, 0.717) is 6.07 Å². The van der Waals surface area contributed by atoms with Crippen molar-refractivity contribution in [1.29, 1.82) is 0 Å². The van der Waals surface area contributed by atoms with Crippen LogP contribution in [-0.4, -0.2) is 22.8 Å². The van der Waals surface area contributed by atoms with Crippen LogP contribution in [0.1, 0.15) is 5.56 Å². The predicted octanol–water partition coefficient (Wildman–Crippen LogP) is 4.30. The number of alkyl halides is 3. The zero-order valence-electron chi connectivity index (χ0n) is 13.3. The summed E-state index contributed by atoms with van der Waals surface area (Å²) >= 11 is 0. The first-order valence-electron chi connectivity index (χ1n) is 7.38. The molecule has 0 saturated heterocycles. The first-order valence-corrected chi connectivity index (χ1v) is 7.38. The molecule has 1 heterocycles. The lowest BCUT2D eigenvalue weighted by Crippen LogP contribution is -2.16. The molecule has 5 nitrogen and oxygen atoms in total. The molecule has 0 bridgehead atoms. The topological polar surface area (TPSA) is 70.2 Å². The molecule has 0 unspecified atom stereocenters. The molecule has 0 aliphatic carbocycles. The van der Waals surface area contributed by atoms with Crippen molar-refractivity contribution >= 4 is 11.9 Å². The standard InChI is InChI=1S/C17H10F5N3O2/c18-10-5-9(6-11(19)7-10)15-14(16(26)25-24-15)8-23-12-1-3-13(4-2-12)27-17(20,21)22/h1-8H,(H2,24,25,26). The van der Waals surface area contributed by atoms with Crippen LogP contribution in [0.5, 0.6) is 5.75 Å². The lowest BCUT2D eigenvalue weighted by atomic mass is 10.1. The van der Waals surface area contributed by atoms with Crippen molar-refractivity contribution in [3.63, 3.8) is 0 Å². The van der Waals surface area contributed by atoms with Crippen molar-refractivity contribution < 1.29 is 26.7 Å². The van der Waals surface area contributed by atoms with Gasteiger partial charge < -0.3 is 4.74 Å². The molecule has 140 valence electrons. The number of aromatic nitrogens is 2. The van der Waals surface area contributed by atoms with E-state index in [-0.39, 0.29) is 22.5 Å². The summed E-state index contributed by atoms with van der Waals surface area (Å²) in [7, 11) is 0. The number of rotatable bonds is 4. The van der Waals surface area contributed by atoms with Gasteiger partial charge in [-0.3, -0.25) is 20.0 Å². The molecule has 1 aromatic heterocycles. The summed E-state index contributed by atoms with van der Waals surface area (Å²) < 4.78 is 66.9. The smallest absolute Gasteiger partial charge is 0.406 e. The minimum Gasteiger partial charge on any atom is -0.406 e. The summed E-state index contributed by atoms with van der Waals surface area (Å²) in [4.78, 5) is 15.9. The zero-order valence-corrected chi connectivity index (χ0v) is 13.3. The average Bonchev–Trinajstić information content (AvgIpc) is 2.93. The van der Waals surface area contributed by atoms with E-state index in [1.165, 1.54) is 12.1 Å². The molecule has 0 saturated carbocycles. The molecule has 2 N–H and O–H groups in total. The van der Waals surface area contributed by atoms with Crippen LogP contribution in [0.4, 0.5) is 27.6 Å². The van der Waals surface area contributed by atoms with Crippen LogP contribution in [-0.2, 0) is 0 Å². The maximum absolute atomic E-state index is 13.4. The zero-order chi connectivity index (χ0) is 19.6. The van der Waals surface area contributed by atoms with Crippen LogP contribution < -0.4 is 10.3 Å². The van der Waals surface area contributed by atoms with Gasteiger partial charge in [0.25, 0.3) is 5.56 Å². The summed E-state index contributed by atoms with van der Waals surface area (Å²) in [5.41, 5.74) is -0.159. The molecule has 0 aliphatic rings. The normalized spacial score (nSPS) is 11.9. The fraction of sp³-hybridized carbons (Fsp3) is 0.0588. The maximum Gasteiger partial charge on any atom is 0.573 e. The van der Waals surface area contributed by atoms with Gasteiger partial charge in [-0.2, -0.15) is 0 Å². The number of nitrogens with zero attached hydrogens (tertiary/aromatic N) is 1. The summed E-state index contributed by atoms with van der Waals surface area (Å²) in [6.45, 7) is 0. The summed E-state index contributed by atoms with van der Waals surface area (Å²) in [6.07, 6.45) is -3.68. The van der Waals surface area contributed by atoms with Crippen LogP contribution in [0.3, 0.4) is 0 Å². The van der Waals surface area contributed by atoms with Gasteiger partial charge >= 0.3 is 6.36 Å². The number of benzene rings is 2. The molecule has 0 radical (unpaired) electrons. The molecule has 0 aliphatic heterocycles. The minimum absolute atomic E-state index is 0.00406. The first-order chi connectivity index (χ1) is 12.7. The Labute approximate surface area is 148 Å². The summed E-state index contributed by atoms with van der Waals surface area (Å²) in [5.74, 6) is -2.07. The molecule has 27 heavy (non-hydrogen) atoms. The number of hydrogen-bond acceptors (Lipinski definition) is 3. The van der Waals surface area contributed by atoms with Crippen molar-refractivity contribution in [3.8, 4) is 17.0 Å². The predicted molar refractivity (Wildman–Crippen MR) is 87.1 cm³/mol. The lowest BCUT2D eigenvalue weighted by molar-refractivity contribution is -0.274. The van der Waals surface area contributed by atoms with Gasteiger partial charge in [0.15, 0.2) is 0 Å². The van der Waals surface area contributed by atoms with Gasteiger partial charge in [0.05, 0.1) is 16.9 Å². The van der Waals surface area contributed by atoms with E-state index in [1.54, 1.807) is 0 Å². The van der Waals surface area contributed by atoms with Crippen LogP contribution in [0.25, 0.3) is 11.3 Å². The molecule has 2 aromatic carbocycles. The highest BCUT2D eigenvalue weighted by Gasteiger charge is 2.30. The van der Waals surface area contributed by atoms with E-state index < -0.39 is 29.3 Å². The third-order valence-electron chi connectivity index (χ3n) is 3.38. The maximum atomic E-state index is 13.4. The van der Waals surface area contributed by atoms with E-state index in [2.05, 4.69) is 19.9 Å². The molecule has 0 atom stereocenters. The van der Waals surface area contributed by atoms with Gasteiger partial charge in [0, 0.05) is 17.8 Å². The van der Waals surface area contributed by atoms with Crippen molar-refractivity contribution in [1.82, 2.24) is 10.2 Å². The van der Waals surface area contributed by atoms with E-state index >= 15 is 0 Å². The van der Waals surface area contributed by atoms with Crippen molar-refractivity contribution in [3.05, 3.63) is 70.0 Å². The fourth-order valence-electron chi connectivity index (χ4n) is 2.29. The van der Waals surface area contributed by atoms with Gasteiger partial charge in [-0.1, -0.05) is 0 Å². The molecule has 3 rings (SSSR count). The highest BCUT2D eigenvalue weighted by Crippen LogP contribution is 2.25. The van der Waals surface area contributed by atoms with E-state index in [9.17, 15) is 26.7 Å². The Morgan fingerprint density at radius 3 is 2.19 bits per heavy atom. The van der Waals surface area contributed by atoms with Crippen LogP contribution in [0, 0.1) is 11.6 Å². The molecule has 0 amide bonds. The Hall–Kier alpha value is -3.43. The average molecular weight is 383 g/mol. The van der Waals surface area contributed by atoms with E-state index in [1.807, 2.05) is 0 Å². The molecular weight excluding hydrogens is 373 g/mol. The van der Waals surface area contributed by atoms with E-state index in [4.69, 9.17) is 0 Å². The third-order valence-corrected chi connectivity index (χ3v) is 3.38. The summed E-state index contributed by atoms with van der Waals surface area (Å²) in [5, 5.41) is 4.79. The molecular formula is C17H10F5N3O2. The number of ether oxygens (including phenoxy) is 1. The Bertz CT molecular complexity index is 1020. The minimum atomic E-state index is -4.81. The SMILES string of the molecule is O=c1[nH][nH]c(-c2cc(F)cc(F)c2)c1C=Nc1ccc(OC(F)(F)F)cc1. The van der Waals surface area contributed by atoms with Gasteiger partial charge in [-0.05, 0) is 36.4 Å². The second kappa shape index (κ2) is 7.06. The van der Waals surface area contributed by atoms with Crippen molar-refractivity contribution in [2.24, 2.45) is 4.99 Å². The second-order valence-corrected chi connectivity index (χ2v) is 5.33. The Kier molecular flexibility index (Phi) is 4.80. The lowest BCUT2D eigenvalue weighted by Gasteiger charge is -2.08. The third kappa shape index (κ3) is 4.60. The van der Waals surface area contributed by atoms with Crippen LogP contribution in [0.15, 0.2) is 52.3 Å². The van der Waals surface area contributed by atoms with Crippen molar-refractivity contribution in [2.45, 2.75) is 6.36 Å². The number of H-pyrrole nitrogens is 2. The van der Waals surface area contributed by atoms with Gasteiger partial charge in [-0.15, -0.1) is 13.2 Å². The Morgan fingerprint density at radius 2 is 1.59 bits per heavy atom. The number of halogens is 5. The molecule has 0 spiro atoms. The monoisotopic (exact) mass is 383 g/mol. The summed E-state index contributed by atoms with van der Waals surface area (Å²) in [6, 6.07) is 7.37. The van der Waals surface area contributed by atoms with Gasteiger partial charge in [0.1, 0.15) is 17.4 Å². The van der Waals surface area contributed by atoms with Crippen LogP contribution >= 0.6 is 0 Å². The van der Waals surface area contributed by atoms with Crippen molar-refractivity contribution in [2.75, 3.05) is 0 Å². The Balaban J connectivity index is 1.88. The number of aliphatic imine (C=N–C) groups is 1. The fourth-order valence-corrected chi connectivity index (χ4v) is 2.29. The number of nitrogens with one attached hydrogen (secondary N) is 2. The second-order valence-electron chi connectivity index (χ2n) is 5.33. The number of aromatic amines is 2. The molecule has 10 heteroatoms. The largest absolute Gasteiger partial charge is 0.573 e. The van der Waals surface area contributed by atoms with Gasteiger partial charge in [-0.25, -0.2) is 8.78 Å². The van der Waals surface area contributed by atoms with E-state index in [0.717, 1.165) is 30.5 Å².